The molecule has 0 aliphatic heterocycles. The van der Waals surface area contributed by atoms with Crippen molar-refractivity contribution in [3.63, 3.8) is 0 Å². The number of rotatable bonds is 6. The van der Waals surface area contributed by atoms with Crippen LogP contribution in [0.25, 0.3) is 22.9 Å². The van der Waals surface area contributed by atoms with Crippen molar-refractivity contribution < 1.29 is 18.7 Å². The van der Waals surface area contributed by atoms with Gasteiger partial charge in [0.05, 0.1) is 5.56 Å². The van der Waals surface area contributed by atoms with Crippen molar-refractivity contribution in [1.82, 2.24) is 10.2 Å². The molecule has 0 aliphatic carbocycles. The van der Waals surface area contributed by atoms with Crippen LogP contribution in [0.3, 0.4) is 0 Å². The van der Waals surface area contributed by atoms with Gasteiger partial charge in [-0.1, -0.05) is 29.8 Å². The van der Waals surface area contributed by atoms with E-state index in [0.29, 0.717) is 33.5 Å². The Labute approximate surface area is 177 Å². The SMILES string of the molecule is O=C(COC(=O)c1ccc(-c2nnc(-c3ccccc3)o2)cc1)c1ccc(Cl)cc1. The fourth-order valence-electron chi connectivity index (χ4n) is 2.72. The molecule has 30 heavy (non-hydrogen) atoms. The predicted molar refractivity (Wildman–Crippen MR) is 111 cm³/mol. The number of ketones is 1. The molecule has 1 aromatic heterocycles. The van der Waals surface area contributed by atoms with Crippen LogP contribution < -0.4 is 0 Å². The second kappa shape index (κ2) is 8.71. The molecule has 0 amide bonds. The molecule has 1 heterocycles. The van der Waals surface area contributed by atoms with E-state index in [1.807, 2.05) is 30.3 Å². The van der Waals surface area contributed by atoms with Gasteiger partial charge in [0.25, 0.3) is 0 Å². The smallest absolute Gasteiger partial charge is 0.338 e. The molecule has 0 saturated carbocycles. The first kappa shape index (κ1) is 19.5. The molecule has 148 valence electrons. The molecule has 0 bridgehead atoms. The van der Waals surface area contributed by atoms with Crippen LogP contribution in [0.5, 0.6) is 0 Å². The molecule has 0 radical (unpaired) electrons. The molecule has 0 aliphatic rings. The number of carbonyl (C=O) groups is 2. The number of carbonyl (C=O) groups excluding carboxylic acids is 2. The number of ether oxygens (including phenoxy) is 1. The predicted octanol–water partition coefficient (Wildman–Crippen LogP) is 5.10. The maximum Gasteiger partial charge on any atom is 0.338 e. The van der Waals surface area contributed by atoms with Crippen molar-refractivity contribution in [3.05, 3.63) is 95.0 Å². The Kier molecular flexibility index (Phi) is 5.68. The first-order valence-corrected chi connectivity index (χ1v) is 9.43. The third-order valence-electron chi connectivity index (χ3n) is 4.31. The second-order valence-corrected chi connectivity index (χ2v) is 6.80. The van der Waals surface area contributed by atoms with Crippen molar-refractivity contribution >= 4 is 23.4 Å². The number of halogens is 1. The lowest BCUT2D eigenvalue weighted by molar-refractivity contribution is 0.0475. The highest BCUT2D eigenvalue weighted by molar-refractivity contribution is 6.30. The molecule has 0 unspecified atom stereocenters. The van der Waals surface area contributed by atoms with E-state index in [0.717, 1.165) is 5.56 Å². The minimum atomic E-state index is -0.598. The first-order chi connectivity index (χ1) is 14.6. The van der Waals surface area contributed by atoms with Crippen LogP contribution in [-0.4, -0.2) is 28.6 Å². The molecule has 3 aromatic carbocycles. The van der Waals surface area contributed by atoms with Gasteiger partial charge in [-0.05, 0) is 60.7 Å². The summed E-state index contributed by atoms with van der Waals surface area (Å²) >= 11 is 5.80. The number of benzene rings is 3. The summed E-state index contributed by atoms with van der Waals surface area (Å²) in [5.74, 6) is -0.156. The van der Waals surface area contributed by atoms with E-state index in [2.05, 4.69) is 10.2 Å². The summed E-state index contributed by atoms with van der Waals surface area (Å²) in [7, 11) is 0. The maximum atomic E-state index is 12.2. The van der Waals surface area contributed by atoms with Gasteiger partial charge in [-0.25, -0.2) is 4.79 Å². The molecular weight excluding hydrogens is 404 g/mol. The molecule has 0 fully saturated rings. The van der Waals surface area contributed by atoms with Gasteiger partial charge >= 0.3 is 5.97 Å². The van der Waals surface area contributed by atoms with Crippen molar-refractivity contribution in [3.8, 4) is 22.9 Å². The van der Waals surface area contributed by atoms with Gasteiger partial charge in [0, 0.05) is 21.7 Å². The zero-order valence-corrected chi connectivity index (χ0v) is 16.4. The van der Waals surface area contributed by atoms with Gasteiger partial charge in [0.15, 0.2) is 12.4 Å². The fourth-order valence-corrected chi connectivity index (χ4v) is 2.85. The topological polar surface area (TPSA) is 82.3 Å². The normalized spacial score (nSPS) is 10.6. The Hall–Kier alpha value is -3.77. The summed E-state index contributed by atoms with van der Waals surface area (Å²) in [6, 6.07) is 22.3. The van der Waals surface area contributed by atoms with Gasteiger partial charge in [0.1, 0.15) is 0 Å². The Morgan fingerprint density at radius 1 is 0.767 bits per heavy atom. The molecular formula is C23H15ClN2O4. The molecule has 0 N–H and O–H groups in total. The van der Waals surface area contributed by atoms with Gasteiger partial charge in [-0.15, -0.1) is 10.2 Å². The van der Waals surface area contributed by atoms with Crippen molar-refractivity contribution in [2.45, 2.75) is 0 Å². The van der Waals surface area contributed by atoms with Gasteiger partial charge in [-0.2, -0.15) is 0 Å². The molecule has 0 spiro atoms. The Balaban J connectivity index is 1.39. The van der Waals surface area contributed by atoms with Gasteiger partial charge < -0.3 is 9.15 Å². The minimum Gasteiger partial charge on any atom is -0.454 e. The van der Waals surface area contributed by atoms with Crippen LogP contribution in [0.1, 0.15) is 20.7 Å². The zero-order valence-electron chi connectivity index (χ0n) is 15.6. The molecule has 0 saturated heterocycles. The average Bonchev–Trinajstić information content (AvgIpc) is 3.29. The number of hydrogen-bond donors (Lipinski definition) is 0. The highest BCUT2D eigenvalue weighted by Crippen LogP contribution is 2.24. The van der Waals surface area contributed by atoms with Crippen molar-refractivity contribution in [1.29, 1.82) is 0 Å². The summed E-state index contributed by atoms with van der Waals surface area (Å²) in [6.07, 6.45) is 0. The zero-order chi connectivity index (χ0) is 20.9. The number of aromatic nitrogens is 2. The first-order valence-electron chi connectivity index (χ1n) is 9.05. The van der Waals surface area contributed by atoms with Crippen LogP contribution >= 0.6 is 11.6 Å². The lowest BCUT2D eigenvalue weighted by Crippen LogP contribution is -2.14. The highest BCUT2D eigenvalue weighted by atomic mass is 35.5. The van der Waals surface area contributed by atoms with Gasteiger partial charge in [-0.3, -0.25) is 4.79 Å². The lowest BCUT2D eigenvalue weighted by atomic mass is 10.1. The van der Waals surface area contributed by atoms with Crippen LogP contribution in [-0.2, 0) is 4.74 Å². The molecule has 0 atom stereocenters. The Morgan fingerprint density at radius 2 is 1.33 bits per heavy atom. The van der Waals surface area contributed by atoms with E-state index in [9.17, 15) is 9.59 Å². The Bertz CT molecular complexity index is 1170. The van der Waals surface area contributed by atoms with E-state index in [1.165, 1.54) is 0 Å². The minimum absolute atomic E-state index is 0.309. The molecule has 7 heteroatoms. The van der Waals surface area contributed by atoms with E-state index >= 15 is 0 Å². The standard InChI is InChI=1S/C23H15ClN2O4/c24-19-12-10-15(11-13-19)20(27)14-29-23(28)18-8-6-17(7-9-18)22-26-25-21(30-22)16-4-2-1-3-5-16/h1-13H,14H2. The van der Waals surface area contributed by atoms with Crippen LogP contribution in [0, 0.1) is 0 Å². The van der Waals surface area contributed by atoms with Crippen LogP contribution in [0.15, 0.2) is 83.3 Å². The quantitative estimate of drug-likeness (QED) is 0.320. The van der Waals surface area contributed by atoms with E-state index in [4.69, 9.17) is 20.8 Å². The molecule has 4 aromatic rings. The van der Waals surface area contributed by atoms with Crippen molar-refractivity contribution in [2.75, 3.05) is 6.61 Å². The number of nitrogens with zero attached hydrogens (tertiary/aromatic N) is 2. The fraction of sp³-hybridized carbons (Fsp3) is 0.0435. The number of Topliss-reactive ketones (excluding diaryl/α,β-unsaturated/α-hetero) is 1. The third kappa shape index (κ3) is 4.45. The summed E-state index contributed by atoms with van der Waals surface area (Å²) in [4.78, 5) is 24.3. The molecule has 6 nitrogen and oxygen atoms in total. The summed E-state index contributed by atoms with van der Waals surface area (Å²) in [5, 5.41) is 8.63. The molecule has 4 rings (SSSR count). The number of hydrogen-bond acceptors (Lipinski definition) is 6. The van der Waals surface area contributed by atoms with Gasteiger partial charge in [0.2, 0.25) is 11.8 Å². The van der Waals surface area contributed by atoms with E-state index < -0.39 is 5.97 Å². The Morgan fingerprint density at radius 3 is 1.97 bits per heavy atom. The maximum absolute atomic E-state index is 12.2. The summed E-state index contributed by atoms with van der Waals surface area (Å²) < 4.78 is 10.8. The summed E-state index contributed by atoms with van der Waals surface area (Å²) in [5.41, 5.74) is 2.22. The average molecular weight is 419 g/mol. The largest absolute Gasteiger partial charge is 0.454 e. The van der Waals surface area contributed by atoms with Crippen molar-refractivity contribution in [2.24, 2.45) is 0 Å². The highest BCUT2D eigenvalue weighted by Gasteiger charge is 2.14. The van der Waals surface area contributed by atoms with Crippen LogP contribution in [0.4, 0.5) is 0 Å². The third-order valence-corrected chi connectivity index (χ3v) is 4.57. The van der Waals surface area contributed by atoms with E-state index in [-0.39, 0.29) is 12.4 Å². The lowest BCUT2D eigenvalue weighted by Gasteiger charge is -2.05. The second-order valence-electron chi connectivity index (χ2n) is 6.36. The monoisotopic (exact) mass is 418 g/mol. The summed E-state index contributed by atoms with van der Waals surface area (Å²) in [6.45, 7) is -0.355. The van der Waals surface area contributed by atoms with Crippen LogP contribution in [0.2, 0.25) is 5.02 Å². The number of esters is 1. The van der Waals surface area contributed by atoms with E-state index in [1.54, 1.807) is 48.5 Å².